The van der Waals surface area contributed by atoms with E-state index in [1.54, 1.807) is 20.8 Å². The van der Waals surface area contributed by atoms with Crippen molar-refractivity contribution < 1.29 is 32.7 Å². The summed E-state index contributed by atoms with van der Waals surface area (Å²) in [6, 6.07) is 1.09. The van der Waals surface area contributed by atoms with Crippen molar-refractivity contribution in [3.63, 3.8) is 0 Å². The Morgan fingerprint density at radius 1 is 1.17 bits per heavy atom. The first kappa shape index (κ1) is 21.7. The minimum Gasteiger partial charge on any atom is -0.444 e. The first-order valence-corrected chi connectivity index (χ1v) is 9.60. The Morgan fingerprint density at radius 3 is 2.37 bits per heavy atom. The zero-order valence-corrected chi connectivity index (χ0v) is 16.9. The van der Waals surface area contributed by atoms with Gasteiger partial charge in [-0.1, -0.05) is 0 Å². The zero-order valence-electron chi connectivity index (χ0n) is 16.9. The summed E-state index contributed by atoms with van der Waals surface area (Å²) in [6.45, 7) is 5.21. The van der Waals surface area contributed by atoms with Crippen LogP contribution in [-0.4, -0.2) is 42.0 Å². The average Bonchev–Trinajstić information content (AvgIpc) is 2.95. The van der Waals surface area contributed by atoms with Gasteiger partial charge in [-0.25, -0.2) is 13.6 Å². The SMILES string of the molecule is CC(C)(C)OC(=O)N[C@@H]1CCN(c2cc(F)c(C3CCC(=O)NC3=O)c(F)c2)C1=O. The van der Waals surface area contributed by atoms with Crippen LogP contribution in [0.2, 0.25) is 0 Å². The number of piperidine rings is 1. The van der Waals surface area contributed by atoms with Gasteiger partial charge in [-0.3, -0.25) is 19.7 Å². The normalized spacial score (nSPS) is 22.2. The molecule has 3 rings (SSSR count). The smallest absolute Gasteiger partial charge is 0.408 e. The van der Waals surface area contributed by atoms with E-state index in [4.69, 9.17) is 4.74 Å². The summed E-state index contributed by atoms with van der Waals surface area (Å²) in [7, 11) is 0. The number of hydrogen-bond donors (Lipinski definition) is 2. The number of carbonyl (C=O) groups is 4. The summed E-state index contributed by atoms with van der Waals surface area (Å²) in [5.41, 5.74) is -1.18. The van der Waals surface area contributed by atoms with Gasteiger partial charge >= 0.3 is 6.09 Å². The van der Waals surface area contributed by atoms with E-state index in [2.05, 4.69) is 10.6 Å². The number of nitrogens with zero attached hydrogens (tertiary/aromatic N) is 1. The molecule has 1 unspecified atom stereocenters. The number of benzene rings is 1. The lowest BCUT2D eigenvalue weighted by Gasteiger charge is -2.24. The van der Waals surface area contributed by atoms with Crippen LogP contribution in [0.3, 0.4) is 0 Å². The molecule has 30 heavy (non-hydrogen) atoms. The van der Waals surface area contributed by atoms with E-state index in [0.29, 0.717) is 0 Å². The van der Waals surface area contributed by atoms with Crippen molar-refractivity contribution in [2.24, 2.45) is 0 Å². The molecule has 0 saturated carbocycles. The van der Waals surface area contributed by atoms with E-state index in [0.717, 1.165) is 12.1 Å². The maximum Gasteiger partial charge on any atom is 0.408 e. The van der Waals surface area contributed by atoms with Crippen molar-refractivity contribution in [1.29, 1.82) is 0 Å². The van der Waals surface area contributed by atoms with E-state index < -0.39 is 58.6 Å². The Balaban J connectivity index is 1.76. The fourth-order valence-electron chi connectivity index (χ4n) is 3.55. The molecular weight excluding hydrogens is 400 g/mol. The second-order valence-electron chi connectivity index (χ2n) is 8.30. The molecule has 0 radical (unpaired) electrons. The molecule has 2 aliphatic rings. The van der Waals surface area contributed by atoms with Gasteiger partial charge in [-0.15, -0.1) is 0 Å². The number of amides is 4. The van der Waals surface area contributed by atoms with Crippen LogP contribution in [0.1, 0.15) is 51.5 Å². The number of nitrogens with one attached hydrogen (secondary N) is 2. The van der Waals surface area contributed by atoms with Crippen LogP contribution in [0.15, 0.2) is 12.1 Å². The van der Waals surface area contributed by atoms with E-state index in [1.807, 2.05) is 0 Å². The van der Waals surface area contributed by atoms with Gasteiger partial charge in [0.2, 0.25) is 17.7 Å². The molecule has 8 nitrogen and oxygen atoms in total. The lowest BCUT2D eigenvalue weighted by molar-refractivity contribution is -0.134. The maximum atomic E-state index is 14.7. The third kappa shape index (κ3) is 4.58. The molecule has 0 spiro atoms. The molecule has 162 valence electrons. The third-order valence-corrected chi connectivity index (χ3v) is 4.86. The van der Waals surface area contributed by atoms with Gasteiger partial charge in [0.05, 0.1) is 5.92 Å². The van der Waals surface area contributed by atoms with Crippen LogP contribution in [0.4, 0.5) is 19.3 Å². The standard InChI is InChI=1S/C20H23F2N3O5/c1-20(2,3)30-19(29)23-14-6-7-25(18(14)28)10-8-12(21)16(13(22)9-10)11-4-5-15(26)24-17(11)27/h8-9,11,14H,4-7H2,1-3H3,(H,23,29)(H,24,26,27)/t11?,14-/m1/s1. The van der Waals surface area contributed by atoms with E-state index in [-0.39, 0.29) is 31.5 Å². The monoisotopic (exact) mass is 423 g/mol. The number of halogens is 2. The summed E-state index contributed by atoms with van der Waals surface area (Å²) in [6.07, 6.45) is -0.522. The number of carbonyl (C=O) groups excluding carboxylic acids is 4. The highest BCUT2D eigenvalue weighted by atomic mass is 19.1. The number of rotatable bonds is 3. The Kier molecular flexibility index (Phi) is 5.78. The molecule has 2 aliphatic heterocycles. The number of hydrogen-bond acceptors (Lipinski definition) is 5. The van der Waals surface area contributed by atoms with Crippen molar-refractivity contribution in [3.05, 3.63) is 29.3 Å². The summed E-state index contributed by atoms with van der Waals surface area (Å²) < 4.78 is 34.5. The van der Waals surface area contributed by atoms with Crippen molar-refractivity contribution in [3.8, 4) is 0 Å². The fraction of sp³-hybridized carbons (Fsp3) is 0.500. The van der Waals surface area contributed by atoms with Crippen molar-refractivity contribution in [2.45, 2.75) is 57.6 Å². The van der Waals surface area contributed by atoms with Crippen LogP contribution >= 0.6 is 0 Å². The molecule has 2 atom stereocenters. The number of alkyl carbamates (subject to hydrolysis) is 1. The minimum atomic E-state index is -1.12. The molecule has 0 aromatic heterocycles. The van der Waals surface area contributed by atoms with E-state index in [9.17, 15) is 28.0 Å². The predicted molar refractivity (Wildman–Crippen MR) is 102 cm³/mol. The van der Waals surface area contributed by atoms with Gasteiger partial charge in [0.15, 0.2) is 0 Å². The van der Waals surface area contributed by atoms with Gasteiger partial charge in [-0.2, -0.15) is 0 Å². The second-order valence-corrected chi connectivity index (χ2v) is 8.30. The Labute approximate surface area is 171 Å². The van der Waals surface area contributed by atoms with Gasteiger partial charge in [-0.05, 0) is 45.7 Å². The van der Waals surface area contributed by atoms with Gasteiger partial charge < -0.3 is 15.0 Å². The highest BCUT2D eigenvalue weighted by Crippen LogP contribution is 2.33. The van der Waals surface area contributed by atoms with Crippen LogP contribution in [-0.2, 0) is 19.1 Å². The van der Waals surface area contributed by atoms with E-state index in [1.165, 1.54) is 4.90 Å². The topological polar surface area (TPSA) is 105 Å². The van der Waals surface area contributed by atoms with Crippen LogP contribution in [0.5, 0.6) is 0 Å². The minimum absolute atomic E-state index is 0.00236. The molecule has 0 aliphatic carbocycles. The first-order valence-electron chi connectivity index (χ1n) is 9.60. The average molecular weight is 423 g/mol. The van der Waals surface area contributed by atoms with Crippen molar-refractivity contribution >= 4 is 29.5 Å². The number of ether oxygens (including phenoxy) is 1. The summed E-state index contributed by atoms with van der Waals surface area (Å²) in [4.78, 5) is 48.9. The molecule has 1 aromatic carbocycles. The molecule has 2 fully saturated rings. The number of anilines is 1. The molecule has 2 heterocycles. The van der Waals surface area contributed by atoms with Crippen LogP contribution < -0.4 is 15.5 Å². The number of imide groups is 1. The summed E-state index contributed by atoms with van der Waals surface area (Å²) >= 11 is 0. The highest BCUT2D eigenvalue weighted by molar-refractivity contribution is 6.02. The molecule has 1 aromatic rings. The van der Waals surface area contributed by atoms with Gasteiger partial charge in [0.25, 0.3) is 0 Å². The Morgan fingerprint density at radius 2 is 1.80 bits per heavy atom. The second kappa shape index (κ2) is 8.00. The first-order chi connectivity index (χ1) is 14.0. The summed E-state index contributed by atoms with van der Waals surface area (Å²) in [5, 5.41) is 4.53. The molecule has 10 heteroatoms. The van der Waals surface area contributed by atoms with Gasteiger partial charge in [0.1, 0.15) is 23.3 Å². The van der Waals surface area contributed by atoms with Crippen molar-refractivity contribution in [1.82, 2.24) is 10.6 Å². The predicted octanol–water partition coefficient (Wildman–Crippen LogP) is 2.12. The molecule has 2 saturated heterocycles. The Bertz CT molecular complexity index is 889. The van der Waals surface area contributed by atoms with E-state index >= 15 is 0 Å². The largest absolute Gasteiger partial charge is 0.444 e. The zero-order chi connectivity index (χ0) is 22.2. The van der Waals surface area contributed by atoms with Gasteiger partial charge in [0, 0.05) is 24.2 Å². The molecular formula is C20H23F2N3O5. The van der Waals surface area contributed by atoms with Crippen LogP contribution in [0.25, 0.3) is 0 Å². The Hall–Kier alpha value is -3.04. The molecule has 4 amide bonds. The highest BCUT2D eigenvalue weighted by Gasteiger charge is 2.37. The lowest BCUT2D eigenvalue weighted by Crippen LogP contribution is -2.43. The third-order valence-electron chi connectivity index (χ3n) is 4.86. The van der Waals surface area contributed by atoms with Crippen molar-refractivity contribution in [2.75, 3.05) is 11.4 Å². The molecule has 2 N–H and O–H groups in total. The quantitative estimate of drug-likeness (QED) is 0.725. The van der Waals surface area contributed by atoms with Crippen LogP contribution in [0, 0.1) is 11.6 Å². The maximum absolute atomic E-state index is 14.7. The molecule has 0 bridgehead atoms. The summed E-state index contributed by atoms with van der Waals surface area (Å²) in [5.74, 6) is -4.83. The fourth-order valence-corrected chi connectivity index (χ4v) is 3.55. The lowest BCUT2D eigenvalue weighted by atomic mass is 9.89.